The quantitative estimate of drug-likeness (QED) is 0.474. The molecule has 0 spiro atoms. The summed E-state index contributed by atoms with van der Waals surface area (Å²) < 4.78 is 0. The van der Waals surface area contributed by atoms with E-state index in [0.717, 1.165) is 0 Å². The number of allylic oxidation sites excluding steroid dienone is 4. The van der Waals surface area contributed by atoms with E-state index in [1.165, 1.54) is 6.42 Å². The summed E-state index contributed by atoms with van der Waals surface area (Å²) in [6.07, 6.45) is 9.64. The second kappa shape index (κ2) is 1.66. The van der Waals surface area contributed by atoms with Crippen LogP contribution >= 0.6 is 0 Å². The van der Waals surface area contributed by atoms with Crippen LogP contribution in [-0.4, -0.2) is 5.78 Å². The lowest BCUT2D eigenvalue weighted by Crippen LogP contribution is -2.19. The lowest BCUT2D eigenvalue weighted by Gasteiger charge is -2.17. The highest BCUT2D eigenvalue weighted by atomic mass is 16.1. The molecular weight excluding hydrogens is 136 g/mol. The molecular formula is C10H10O. The lowest BCUT2D eigenvalue weighted by molar-refractivity contribution is -0.118. The Morgan fingerprint density at radius 1 is 1.18 bits per heavy atom. The zero-order chi connectivity index (χ0) is 7.42. The Balaban J connectivity index is 2.08. The van der Waals surface area contributed by atoms with Gasteiger partial charge in [-0.05, 0) is 30.3 Å². The first-order valence-corrected chi connectivity index (χ1v) is 4.26. The van der Waals surface area contributed by atoms with Crippen molar-refractivity contribution >= 4 is 5.78 Å². The largest absolute Gasteiger partial charge is 0.295 e. The molecule has 3 aliphatic rings. The molecule has 0 amide bonds. The third-order valence-electron chi connectivity index (χ3n) is 3.33. The molecule has 3 aliphatic carbocycles. The van der Waals surface area contributed by atoms with Gasteiger partial charge in [-0.15, -0.1) is 0 Å². The van der Waals surface area contributed by atoms with Gasteiger partial charge in [0.2, 0.25) is 0 Å². The zero-order valence-corrected chi connectivity index (χ0v) is 6.23. The SMILES string of the molecule is O=C1C=C[C@H]2C3C=CC(C3)[C@@H]12. The molecule has 1 nitrogen and oxygen atoms in total. The maximum Gasteiger partial charge on any atom is 0.159 e. The van der Waals surface area contributed by atoms with Crippen molar-refractivity contribution in [2.24, 2.45) is 23.7 Å². The van der Waals surface area contributed by atoms with E-state index in [2.05, 4.69) is 18.2 Å². The van der Waals surface area contributed by atoms with E-state index in [9.17, 15) is 4.79 Å². The Morgan fingerprint density at radius 2 is 2.00 bits per heavy atom. The summed E-state index contributed by atoms with van der Waals surface area (Å²) >= 11 is 0. The molecule has 0 aromatic heterocycles. The Morgan fingerprint density at radius 3 is 2.82 bits per heavy atom. The first kappa shape index (κ1) is 5.76. The Kier molecular flexibility index (Phi) is 0.867. The van der Waals surface area contributed by atoms with Crippen LogP contribution in [0.25, 0.3) is 0 Å². The molecule has 0 radical (unpaired) electrons. The number of rotatable bonds is 0. The number of carbonyl (C=O) groups excluding carboxylic acids is 1. The predicted octanol–water partition coefficient (Wildman–Crippen LogP) is 1.56. The summed E-state index contributed by atoms with van der Waals surface area (Å²) in [5.74, 6) is 2.54. The molecule has 2 bridgehead atoms. The summed E-state index contributed by atoms with van der Waals surface area (Å²) in [6.45, 7) is 0. The van der Waals surface area contributed by atoms with Crippen LogP contribution in [0.1, 0.15) is 6.42 Å². The van der Waals surface area contributed by atoms with Crippen molar-refractivity contribution in [1.29, 1.82) is 0 Å². The van der Waals surface area contributed by atoms with E-state index in [4.69, 9.17) is 0 Å². The van der Waals surface area contributed by atoms with Crippen LogP contribution in [0.2, 0.25) is 0 Å². The fourth-order valence-electron chi connectivity index (χ4n) is 2.84. The minimum Gasteiger partial charge on any atom is -0.295 e. The molecule has 0 aliphatic heterocycles. The predicted molar refractivity (Wildman–Crippen MR) is 41.9 cm³/mol. The van der Waals surface area contributed by atoms with E-state index in [1.807, 2.05) is 0 Å². The smallest absolute Gasteiger partial charge is 0.159 e. The van der Waals surface area contributed by atoms with Gasteiger partial charge in [-0.25, -0.2) is 0 Å². The van der Waals surface area contributed by atoms with Gasteiger partial charge in [0.15, 0.2) is 5.78 Å². The van der Waals surface area contributed by atoms with E-state index >= 15 is 0 Å². The monoisotopic (exact) mass is 146 g/mol. The third kappa shape index (κ3) is 0.550. The van der Waals surface area contributed by atoms with Crippen LogP contribution in [0, 0.1) is 23.7 Å². The minimum absolute atomic E-state index is 0.338. The first-order chi connectivity index (χ1) is 5.36. The van der Waals surface area contributed by atoms with Crippen LogP contribution in [0.15, 0.2) is 24.3 Å². The third-order valence-corrected chi connectivity index (χ3v) is 3.33. The standard InChI is InChI=1S/C10H10O/c11-9-4-3-8-6-1-2-7(5-6)10(8)9/h1-4,6-8,10H,5H2/t6?,7?,8-,10+/m0/s1. The van der Waals surface area contributed by atoms with Crippen LogP contribution in [-0.2, 0) is 4.79 Å². The molecule has 2 unspecified atom stereocenters. The molecule has 0 saturated heterocycles. The van der Waals surface area contributed by atoms with Crippen LogP contribution in [0.3, 0.4) is 0 Å². The lowest BCUT2D eigenvalue weighted by atomic mass is 9.85. The summed E-state index contributed by atoms with van der Waals surface area (Å²) in [4.78, 5) is 11.3. The van der Waals surface area contributed by atoms with Gasteiger partial charge in [-0.3, -0.25) is 4.79 Å². The van der Waals surface area contributed by atoms with E-state index in [-0.39, 0.29) is 0 Å². The molecule has 1 saturated carbocycles. The van der Waals surface area contributed by atoms with Crippen LogP contribution in [0.5, 0.6) is 0 Å². The minimum atomic E-state index is 0.338. The zero-order valence-electron chi connectivity index (χ0n) is 6.23. The van der Waals surface area contributed by atoms with E-state index < -0.39 is 0 Å². The van der Waals surface area contributed by atoms with Gasteiger partial charge < -0.3 is 0 Å². The number of ketones is 1. The summed E-state index contributed by atoms with van der Waals surface area (Å²) in [5, 5.41) is 0. The Hall–Kier alpha value is -0.850. The van der Waals surface area contributed by atoms with Crippen molar-refractivity contribution in [3.63, 3.8) is 0 Å². The highest BCUT2D eigenvalue weighted by molar-refractivity contribution is 5.95. The van der Waals surface area contributed by atoms with Crippen LogP contribution in [0.4, 0.5) is 0 Å². The molecule has 3 rings (SSSR count). The van der Waals surface area contributed by atoms with Crippen molar-refractivity contribution in [3.8, 4) is 0 Å². The molecule has 0 N–H and O–H groups in total. The van der Waals surface area contributed by atoms with E-state index in [0.29, 0.717) is 29.5 Å². The van der Waals surface area contributed by atoms with Gasteiger partial charge >= 0.3 is 0 Å². The summed E-state index contributed by atoms with van der Waals surface area (Å²) in [5.41, 5.74) is 0. The maximum absolute atomic E-state index is 11.3. The molecule has 0 heterocycles. The number of carbonyl (C=O) groups is 1. The molecule has 11 heavy (non-hydrogen) atoms. The maximum atomic E-state index is 11.3. The van der Waals surface area contributed by atoms with Gasteiger partial charge in [0.05, 0.1) is 0 Å². The highest BCUT2D eigenvalue weighted by Crippen LogP contribution is 2.51. The molecule has 4 atom stereocenters. The molecule has 1 fully saturated rings. The number of fused-ring (bicyclic) bond motifs is 5. The average molecular weight is 146 g/mol. The Bertz CT molecular complexity index is 275. The highest BCUT2D eigenvalue weighted by Gasteiger charge is 2.48. The average Bonchev–Trinajstić information content (AvgIpc) is 2.60. The van der Waals surface area contributed by atoms with Crippen molar-refractivity contribution in [1.82, 2.24) is 0 Å². The molecule has 1 heteroatoms. The molecule has 0 aromatic rings. The van der Waals surface area contributed by atoms with Crippen molar-refractivity contribution in [2.75, 3.05) is 0 Å². The van der Waals surface area contributed by atoms with Gasteiger partial charge in [-0.2, -0.15) is 0 Å². The van der Waals surface area contributed by atoms with Crippen molar-refractivity contribution in [2.45, 2.75) is 6.42 Å². The van der Waals surface area contributed by atoms with Crippen molar-refractivity contribution < 1.29 is 4.79 Å². The number of hydrogen-bond donors (Lipinski definition) is 0. The molecule has 0 aromatic carbocycles. The fraction of sp³-hybridized carbons (Fsp3) is 0.500. The second-order valence-corrected chi connectivity index (χ2v) is 3.81. The van der Waals surface area contributed by atoms with Gasteiger partial charge in [0.25, 0.3) is 0 Å². The summed E-state index contributed by atoms with van der Waals surface area (Å²) in [7, 11) is 0. The number of hydrogen-bond acceptors (Lipinski definition) is 1. The van der Waals surface area contributed by atoms with Crippen LogP contribution < -0.4 is 0 Å². The topological polar surface area (TPSA) is 17.1 Å². The van der Waals surface area contributed by atoms with Crippen molar-refractivity contribution in [3.05, 3.63) is 24.3 Å². The normalized spacial score (nSPS) is 50.7. The first-order valence-electron chi connectivity index (χ1n) is 4.26. The fourth-order valence-corrected chi connectivity index (χ4v) is 2.84. The second-order valence-electron chi connectivity index (χ2n) is 3.81. The molecule has 56 valence electrons. The van der Waals surface area contributed by atoms with E-state index in [1.54, 1.807) is 6.08 Å². The Labute approximate surface area is 65.8 Å². The van der Waals surface area contributed by atoms with Gasteiger partial charge in [0.1, 0.15) is 0 Å². The summed E-state index contributed by atoms with van der Waals surface area (Å²) in [6, 6.07) is 0. The van der Waals surface area contributed by atoms with Gasteiger partial charge in [-0.1, -0.05) is 18.2 Å². The van der Waals surface area contributed by atoms with Gasteiger partial charge in [0, 0.05) is 5.92 Å².